The van der Waals surface area contributed by atoms with Gasteiger partial charge >= 0.3 is 12.2 Å². The van der Waals surface area contributed by atoms with Crippen molar-refractivity contribution in [1.29, 1.82) is 0 Å². The minimum Gasteiger partial charge on any atom is -0.493 e. The van der Waals surface area contributed by atoms with Crippen molar-refractivity contribution in [1.82, 2.24) is 10.2 Å². The van der Waals surface area contributed by atoms with Gasteiger partial charge in [0.05, 0.1) is 19.2 Å². The van der Waals surface area contributed by atoms with Gasteiger partial charge in [-0.15, -0.1) is 0 Å². The number of alkyl halides is 3. The van der Waals surface area contributed by atoms with Crippen LogP contribution in [0.3, 0.4) is 0 Å². The van der Waals surface area contributed by atoms with Crippen molar-refractivity contribution in [2.24, 2.45) is 0 Å². The van der Waals surface area contributed by atoms with E-state index in [1.807, 2.05) is 5.32 Å². The molecule has 0 bridgehead atoms. The monoisotopic (exact) mass is 378 g/mol. The largest absolute Gasteiger partial charge is 0.493 e. The van der Waals surface area contributed by atoms with E-state index in [-0.39, 0.29) is 6.54 Å². The molecule has 0 spiro atoms. The van der Waals surface area contributed by atoms with E-state index in [2.05, 4.69) is 15.9 Å². The predicted octanol–water partition coefficient (Wildman–Crippen LogP) is 3.62. The first-order valence-electron chi connectivity index (χ1n) is 6.92. The smallest absolute Gasteiger partial charge is 0.410 e. The standard InChI is InChI=1S/C14H14BrF3N2O2/c15-8-3-4-9-10(2-1-5-22-11(9)6-8)20-7-12(14(16,17)18)19-13(20)21/h3-4,6,10,12H,1-2,5,7H2,(H,19,21)/t10?,12-/m0/s1. The summed E-state index contributed by atoms with van der Waals surface area (Å²) in [7, 11) is 0. The fourth-order valence-corrected chi connectivity index (χ4v) is 3.20. The number of carbonyl (C=O) groups is 1. The Morgan fingerprint density at radius 1 is 1.36 bits per heavy atom. The molecule has 0 aromatic heterocycles. The fourth-order valence-electron chi connectivity index (χ4n) is 2.86. The number of hydrogen-bond donors (Lipinski definition) is 1. The zero-order chi connectivity index (χ0) is 15.9. The minimum absolute atomic E-state index is 0.373. The van der Waals surface area contributed by atoms with E-state index in [1.165, 1.54) is 4.90 Å². The van der Waals surface area contributed by atoms with Crippen molar-refractivity contribution in [3.8, 4) is 5.75 Å². The normalized spacial score (nSPS) is 25.3. The molecule has 1 N–H and O–H groups in total. The highest BCUT2D eigenvalue weighted by Crippen LogP contribution is 2.39. The number of hydrogen-bond acceptors (Lipinski definition) is 2. The average Bonchev–Trinajstić information content (AvgIpc) is 2.71. The highest BCUT2D eigenvalue weighted by atomic mass is 79.9. The number of nitrogens with zero attached hydrogens (tertiary/aromatic N) is 1. The zero-order valence-electron chi connectivity index (χ0n) is 11.5. The van der Waals surface area contributed by atoms with Crippen LogP contribution < -0.4 is 10.1 Å². The van der Waals surface area contributed by atoms with Crippen molar-refractivity contribution in [3.63, 3.8) is 0 Å². The van der Waals surface area contributed by atoms with Crippen LogP contribution in [0.4, 0.5) is 18.0 Å². The summed E-state index contributed by atoms with van der Waals surface area (Å²) in [6.45, 7) is 0.112. The molecule has 0 saturated carbocycles. The molecule has 1 unspecified atom stereocenters. The summed E-state index contributed by atoms with van der Waals surface area (Å²) in [5.74, 6) is 0.611. The highest BCUT2D eigenvalue weighted by molar-refractivity contribution is 9.10. The van der Waals surface area contributed by atoms with Crippen LogP contribution in [0, 0.1) is 0 Å². The van der Waals surface area contributed by atoms with Crippen LogP contribution >= 0.6 is 15.9 Å². The van der Waals surface area contributed by atoms with Gasteiger partial charge in [-0.1, -0.05) is 22.0 Å². The molecule has 120 valence electrons. The van der Waals surface area contributed by atoms with Crippen LogP contribution in [-0.4, -0.2) is 36.3 Å². The van der Waals surface area contributed by atoms with E-state index in [4.69, 9.17) is 4.74 Å². The van der Waals surface area contributed by atoms with E-state index >= 15 is 0 Å². The maximum Gasteiger partial charge on any atom is 0.410 e. The van der Waals surface area contributed by atoms with E-state index in [0.717, 1.165) is 10.0 Å². The second-order valence-corrected chi connectivity index (χ2v) is 6.30. The van der Waals surface area contributed by atoms with Crippen LogP contribution in [-0.2, 0) is 0 Å². The summed E-state index contributed by atoms with van der Waals surface area (Å²) in [5.41, 5.74) is 0.749. The Hall–Kier alpha value is -1.44. The molecule has 2 amide bonds. The van der Waals surface area contributed by atoms with Crippen molar-refractivity contribution in [2.75, 3.05) is 13.2 Å². The van der Waals surface area contributed by atoms with Crippen LogP contribution in [0.5, 0.6) is 5.75 Å². The zero-order valence-corrected chi connectivity index (χ0v) is 13.1. The van der Waals surface area contributed by atoms with Gasteiger partial charge in [0, 0.05) is 10.0 Å². The van der Waals surface area contributed by atoms with Crippen LogP contribution in [0.1, 0.15) is 24.4 Å². The number of rotatable bonds is 1. The van der Waals surface area contributed by atoms with Gasteiger partial charge in [0.2, 0.25) is 0 Å². The maximum atomic E-state index is 12.8. The number of ether oxygens (including phenoxy) is 1. The van der Waals surface area contributed by atoms with E-state index in [1.54, 1.807) is 18.2 Å². The van der Waals surface area contributed by atoms with Gasteiger partial charge in [0.25, 0.3) is 0 Å². The van der Waals surface area contributed by atoms with Gasteiger partial charge in [0.1, 0.15) is 11.8 Å². The first kappa shape index (κ1) is 15.5. The van der Waals surface area contributed by atoms with Gasteiger partial charge in [0.15, 0.2) is 0 Å². The van der Waals surface area contributed by atoms with Crippen molar-refractivity contribution in [3.05, 3.63) is 28.2 Å². The number of carbonyl (C=O) groups excluding carboxylic acids is 1. The number of fused-ring (bicyclic) bond motifs is 1. The molecular formula is C14H14BrF3N2O2. The molecule has 1 saturated heterocycles. The molecular weight excluding hydrogens is 365 g/mol. The van der Waals surface area contributed by atoms with Crippen molar-refractivity contribution < 1.29 is 22.7 Å². The lowest BCUT2D eigenvalue weighted by molar-refractivity contribution is -0.150. The third-order valence-corrected chi connectivity index (χ3v) is 4.42. The number of halogens is 4. The highest BCUT2D eigenvalue weighted by Gasteiger charge is 2.48. The summed E-state index contributed by atoms with van der Waals surface area (Å²) < 4.78 is 45.0. The van der Waals surface area contributed by atoms with E-state index in [9.17, 15) is 18.0 Å². The quantitative estimate of drug-likeness (QED) is 0.810. The van der Waals surface area contributed by atoms with Crippen LogP contribution in [0.15, 0.2) is 22.7 Å². The minimum atomic E-state index is -4.44. The number of urea groups is 1. The average molecular weight is 379 g/mol. The van der Waals surface area contributed by atoms with Gasteiger partial charge in [-0.2, -0.15) is 13.2 Å². The molecule has 8 heteroatoms. The summed E-state index contributed by atoms with van der Waals surface area (Å²) in [5, 5.41) is 2.02. The van der Waals surface area contributed by atoms with Crippen LogP contribution in [0.25, 0.3) is 0 Å². The molecule has 22 heavy (non-hydrogen) atoms. The van der Waals surface area contributed by atoms with Gasteiger partial charge in [-0.3, -0.25) is 0 Å². The first-order chi connectivity index (χ1) is 10.4. The van der Waals surface area contributed by atoms with E-state index < -0.39 is 24.3 Å². The number of amides is 2. The topological polar surface area (TPSA) is 41.6 Å². The summed E-state index contributed by atoms with van der Waals surface area (Å²) in [6, 6.07) is 2.48. The van der Waals surface area contributed by atoms with Gasteiger partial charge in [-0.05, 0) is 25.0 Å². The third-order valence-electron chi connectivity index (χ3n) is 3.92. The Balaban J connectivity index is 1.90. The molecule has 3 rings (SSSR count). The summed E-state index contributed by atoms with van der Waals surface area (Å²) in [6.07, 6.45) is -3.18. The molecule has 1 fully saturated rings. The lowest BCUT2D eigenvalue weighted by atomic mass is 10.0. The molecule has 2 aliphatic rings. The number of benzene rings is 1. The van der Waals surface area contributed by atoms with Crippen molar-refractivity contribution >= 4 is 22.0 Å². The van der Waals surface area contributed by atoms with Gasteiger partial charge in [-0.25, -0.2) is 4.79 Å². The molecule has 2 heterocycles. The van der Waals surface area contributed by atoms with Crippen molar-refractivity contribution in [2.45, 2.75) is 31.1 Å². The molecule has 4 nitrogen and oxygen atoms in total. The SMILES string of the molecule is O=C1N[C@H](C(F)(F)F)CN1C1CCCOc2cc(Br)ccc21. The molecule has 0 radical (unpaired) electrons. The Morgan fingerprint density at radius 2 is 2.14 bits per heavy atom. The first-order valence-corrected chi connectivity index (χ1v) is 7.71. The maximum absolute atomic E-state index is 12.8. The Labute approximate surface area is 133 Å². The second-order valence-electron chi connectivity index (χ2n) is 5.38. The Morgan fingerprint density at radius 3 is 2.82 bits per heavy atom. The summed E-state index contributed by atoms with van der Waals surface area (Å²) in [4.78, 5) is 13.2. The fraction of sp³-hybridized carbons (Fsp3) is 0.500. The Kier molecular flexibility index (Phi) is 3.96. The van der Waals surface area contributed by atoms with E-state index in [0.29, 0.717) is 25.2 Å². The molecule has 1 aromatic carbocycles. The third kappa shape index (κ3) is 2.88. The second kappa shape index (κ2) is 5.64. The predicted molar refractivity (Wildman–Crippen MR) is 76.7 cm³/mol. The van der Waals surface area contributed by atoms with Gasteiger partial charge < -0.3 is 15.0 Å². The number of nitrogens with one attached hydrogen (secondary N) is 1. The summed E-state index contributed by atoms with van der Waals surface area (Å²) >= 11 is 3.35. The lowest BCUT2D eigenvalue weighted by Gasteiger charge is -2.27. The molecule has 0 aliphatic carbocycles. The molecule has 2 aliphatic heterocycles. The van der Waals surface area contributed by atoms with Crippen LogP contribution in [0.2, 0.25) is 0 Å². The molecule has 1 aromatic rings. The Bertz CT molecular complexity index is 594. The molecule has 2 atom stereocenters. The lowest BCUT2D eigenvalue weighted by Crippen LogP contribution is -2.40.